The number of nitrogens with two attached hydrogens (primary N) is 1. The summed E-state index contributed by atoms with van der Waals surface area (Å²) in [6.07, 6.45) is 4.52. The number of carboxylic acid groups (broad SMARTS) is 1. The van der Waals surface area contributed by atoms with Crippen LogP contribution in [0.4, 0.5) is 4.79 Å². The van der Waals surface area contributed by atoms with Crippen molar-refractivity contribution in [3.63, 3.8) is 0 Å². The van der Waals surface area contributed by atoms with Gasteiger partial charge in [0.05, 0.1) is 12.6 Å². The van der Waals surface area contributed by atoms with E-state index in [1.165, 1.54) is 11.9 Å². The molecule has 0 fully saturated rings. The Morgan fingerprint density at radius 1 is 1.50 bits per heavy atom. The first kappa shape index (κ1) is 20.0. The highest BCUT2D eigenvalue weighted by molar-refractivity contribution is 5.91. The van der Waals surface area contributed by atoms with Crippen LogP contribution in [0, 0.1) is 5.92 Å². The van der Waals surface area contributed by atoms with E-state index in [1.807, 2.05) is 11.1 Å². The summed E-state index contributed by atoms with van der Waals surface area (Å²) in [5.41, 5.74) is 7.48. The molecule has 1 aliphatic carbocycles. The average molecular weight is 363 g/mol. The molecule has 26 heavy (non-hydrogen) atoms. The first-order valence-corrected chi connectivity index (χ1v) is 9.08. The fourth-order valence-electron chi connectivity index (χ4n) is 3.05. The molecule has 0 aromatic heterocycles. The molecule has 0 saturated heterocycles. The molecule has 1 aliphatic heterocycles. The van der Waals surface area contributed by atoms with Crippen LogP contribution in [0.2, 0.25) is 0 Å². The number of hydrogen-bond acceptors (Lipinski definition) is 5. The predicted octanol–water partition coefficient (Wildman–Crippen LogP) is 2.66. The summed E-state index contributed by atoms with van der Waals surface area (Å²) < 4.78 is 6.03. The van der Waals surface area contributed by atoms with Crippen molar-refractivity contribution < 1.29 is 19.4 Å². The van der Waals surface area contributed by atoms with Gasteiger partial charge < -0.3 is 20.5 Å². The lowest BCUT2D eigenvalue weighted by Gasteiger charge is -2.38. The Morgan fingerprint density at radius 3 is 2.77 bits per heavy atom. The molecular formula is C19H29N3O4. The Morgan fingerprint density at radius 2 is 2.19 bits per heavy atom. The molecule has 0 aromatic rings. The van der Waals surface area contributed by atoms with E-state index in [1.54, 1.807) is 6.08 Å². The van der Waals surface area contributed by atoms with Crippen molar-refractivity contribution in [2.45, 2.75) is 46.1 Å². The van der Waals surface area contributed by atoms with Gasteiger partial charge in [-0.05, 0) is 24.0 Å². The van der Waals surface area contributed by atoms with Crippen LogP contribution in [-0.4, -0.2) is 53.0 Å². The third kappa shape index (κ3) is 4.27. The second-order valence-corrected chi connectivity index (χ2v) is 7.15. The Labute approximate surface area is 154 Å². The van der Waals surface area contributed by atoms with E-state index >= 15 is 0 Å². The lowest BCUT2D eigenvalue weighted by molar-refractivity contribution is -0.118. The molecule has 0 bridgehead atoms. The monoisotopic (exact) mass is 363 g/mol. The molecule has 7 heteroatoms. The highest BCUT2D eigenvalue weighted by Crippen LogP contribution is 2.37. The number of carbonyl (C=O) groups excluding carboxylic acids is 1. The molecular weight excluding hydrogens is 334 g/mol. The Balaban J connectivity index is 2.56. The van der Waals surface area contributed by atoms with Crippen LogP contribution >= 0.6 is 0 Å². The zero-order chi connectivity index (χ0) is 19.4. The zero-order valence-corrected chi connectivity index (χ0v) is 16.0. The van der Waals surface area contributed by atoms with Gasteiger partial charge in [-0.15, -0.1) is 0 Å². The van der Waals surface area contributed by atoms with E-state index in [0.29, 0.717) is 30.6 Å². The number of carbonyl (C=O) groups is 2. The fourth-order valence-corrected chi connectivity index (χ4v) is 3.05. The van der Waals surface area contributed by atoms with Crippen LogP contribution in [0.5, 0.6) is 0 Å². The van der Waals surface area contributed by atoms with Crippen molar-refractivity contribution in [1.29, 1.82) is 0 Å². The molecule has 0 spiro atoms. The summed E-state index contributed by atoms with van der Waals surface area (Å²) in [5.74, 6) is 1.21. The summed E-state index contributed by atoms with van der Waals surface area (Å²) in [7, 11) is 1.50. The van der Waals surface area contributed by atoms with Crippen molar-refractivity contribution >= 4 is 11.9 Å². The van der Waals surface area contributed by atoms with Gasteiger partial charge in [-0.1, -0.05) is 27.2 Å². The van der Waals surface area contributed by atoms with Gasteiger partial charge in [0.1, 0.15) is 0 Å². The normalized spacial score (nSPS) is 20.0. The maximum Gasteiger partial charge on any atom is 0.412 e. The average Bonchev–Trinajstić information content (AvgIpc) is 2.55. The van der Waals surface area contributed by atoms with Gasteiger partial charge in [0.15, 0.2) is 17.4 Å². The van der Waals surface area contributed by atoms with Crippen molar-refractivity contribution in [3.8, 4) is 0 Å². The van der Waals surface area contributed by atoms with Crippen molar-refractivity contribution in [2.75, 3.05) is 20.2 Å². The maximum absolute atomic E-state index is 12.1. The van der Waals surface area contributed by atoms with Gasteiger partial charge in [0, 0.05) is 31.8 Å². The van der Waals surface area contributed by atoms with Crippen LogP contribution in [0.25, 0.3) is 0 Å². The van der Waals surface area contributed by atoms with Crippen LogP contribution in [-0.2, 0) is 9.53 Å². The molecule has 0 aromatic carbocycles. The quantitative estimate of drug-likeness (QED) is 0.675. The zero-order valence-electron chi connectivity index (χ0n) is 16.0. The van der Waals surface area contributed by atoms with Gasteiger partial charge in [-0.25, -0.2) is 4.79 Å². The van der Waals surface area contributed by atoms with Crippen LogP contribution in [0.3, 0.4) is 0 Å². The summed E-state index contributed by atoms with van der Waals surface area (Å²) in [5, 5.41) is 9.56. The number of allylic oxidation sites excluding steroid dienone is 1. The highest BCUT2D eigenvalue weighted by atomic mass is 16.5. The maximum atomic E-state index is 12.1. The molecule has 144 valence electrons. The van der Waals surface area contributed by atoms with Gasteiger partial charge >= 0.3 is 6.09 Å². The van der Waals surface area contributed by atoms with Crippen molar-refractivity contribution in [2.24, 2.45) is 11.7 Å². The number of ketones is 1. The van der Waals surface area contributed by atoms with Gasteiger partial charge in [-0.2, -0.15) is 0 Å². The van der Waals surface area contributed by atoms with Crippen molar-refractivity contribution in [1.82, 2.24) is 9.80 Å². The first-order chi connectivity index (χ1) is 12.3. The van der Waals surface area contributed by atoms with Crippen LogP contribution in [0.1, 0.15) is 40.0 Å². The lowest BCUT2D eigenvalue weighted by Crippen LogP contribution is -2.41. The van der Waals surface area contributed by atoms with Gasteiger partial charge in [0.2, 0.25) is 0 Å². The Bertz CT molecular complexity index is 664. The number of nitrogens with zero attached hydrogens (tertiary/aromatic N) is 2. The standard InChI is InChI=1S/C19H29N3O4/c1-5-6-7-26-17-14-9-15(20)16(23)8-13(14)11-22(10-12(2)3)18(17)21(4)19(24)25/h9,11-12,15H,5-8,10,20H2,1-4H3,(H,24,25). The molecule has 0 saturated carbocycles. The minimum Gasteiger partial charge on any atom is -0.489 e. The SMILES string of the molecule is CCCCOC1=C(N(C)C(=O)O)N(CC(C)C)C=C2CC(=O)C(N)C=C21. The molecule has 0 radical (unpaired) electrons. The Kier molecular flexibility index (Phi) is 6.47. The number of Topliss-reactive ketones (excluding diaryl/α,β-unsaturated/α-hetero) is 1. The van der Waals surface area contributed by atoms with Gasteiger partial charge in [-0.3, -0.25) is 9.69 Å². The molecule has 2 aliphatic rings. The smallest absolute Gasteiger partial charge is 0.412 e. The highest BCUT2D eigenvalue weighted by Gasteiger charge is 2.35. The van der Waals surface area contributed by atoms with Crippen LogP contribution < -0.4 is 5.73 Å². The van der Waals surface area contributed by atoms with E-state index in [9.17, 15) is 14.7 Å². The summed E-state index contributed by atoms with van der Waals surface area (Å²) in [4.78, 5) is 26.8. The summed E-state index contributed by atoms with van der Waals surface area (Å²) in [6.45, 7) is 7.27. The number of fused-ring (bicyclic) bond motifs is 1. The van der Waals surface area contributed by atoms with Gasteiger partial charge in [0.25, 0.3) is 0 Å². The fraction of sp³-hybridized carbons (Fsp3) is 0.579. The number of rotatable bonds is 7. The topological polar surface area (TPSA) is 96.1 Å². The number of amides is 1. The summed E-state index contributed by atoms with van der Waals surface area (Å²) >= 11 is 0. The van der Waals surface area contributed by atoms with Crippen molar-refractivity contribution in [3.05, 3.63) is 35.0 Å². The van der Waals surface area contributed by atoms with Crippen LogP contribution in [0.15, 0.2) is 35.0 Å². The summed E-state index contributed by atoms with van der Waals surface area (Å²) in [6, 6.07) is -0.694. The minimum absolute atomic E-state index is 0.0487. The molecule has 7 nitrogen and oxygen atoms in total. The second-order valence-electron chi connectivity index (χ2n) is 7.15. The largest absolute Gasteiger partial charge is 0.489 e. The number of unbranched alkanes of at least 4 members (excludes halogenated alkanes) is 1. The van der Waals surface area contributed by atoms with E-state index in [0.717, 1.165) is 24.0 Å². The predicted molar refractivity (Wildman–Crippen MR) is 99.0 cm³/mol. The third-order valence-electron chi connectivity index (χ3n) is 4.37. The van der Waals surface area contributed by atoms with E-state index < -0.39 is 12.1 Å². The van der Waals surface area contributed by atoms with E-state index in [2.05, 4.69) is 20.8 Å². The molecule has 3 N–H and O–H groups in total. The van der Waals surface area contributed by atoms with E-state index in [-0.39, 0.29) is 12.2 Å². The first-order valence-electron chi connectivity index (χ1n) is 9.08. The number of hydrogen-bond donors (Lipinski definition) is 2. The molecule has 2 rings (SSSR count). The third-order valence-corrected chi connectivity index (χ3v) is 4.37. The molecule has 1 unspecified atom stereocenters. The molecule has 1 heterocycles. The lowest BCUT2D eigenvalue weighted by atomic mass is 9.87. The van der Waals surface area contributed by atoms with E-state index in [4.69, 9.17) is 10.5 Å². The minimum atomic E-state index is -1.07. The Hall–Kier alpha value is -2.28. The second kappa shape index (κ2) is 8.40. The molecule has 1 atom stereocenters. The number of ether oxygens (including phenoxy) is 1. The molecule has 1 amide bonds.